The molecule has 0 aliphatic carbocycles. The Morgan fingerprint density at radius 3 is 0.475 bits per heavy atom. The molecular weight excluding hydrogens is 1010 g/mol. The minimum Gasteiger partial charge on any atom is -0.508 e. The van der Waals surface area contributed by atoms with Crippen LogP contribution in [0.15, 0.2) is 218 Å². The zero-order valence-corrected chi connectivity index (χ0v) is 49.1. The van der Waals surface area contributed by atoms with Gasteiger partial charge in [0, 0.05) is 32.5 Å². The van der Waals surface area contributed by atoms with Crippen molar-refractivity contribution < 1.29 is 33.5 Å². The highest BCUT2D eigenvalue weighted by Gasteiger charge is 2.36. The summed E-state index contributed by atoms with van der Waals surface area (Å²) in [5, 5.41) is 29.7. The van der Waals surface area contributed by atoms with E-state index in [0.29, 0.717) is 17.2 Å². The van der Waals surface area contributed by atoms with Crippen LogP contribution in [0.4, 0.5) is 0 Å². The quantitative estimate of drug-likeness (QED) is 0.0735. The lowest BCUT2D eigenvalue weighted by molar-refractivity contribution is 0.298. The van der Waals surface area contributed by atoms with E-state index in [1.54, 1.807) is 36.4 Å². The summed E-state index contributed by atoms with van der Waals surface area (Å²) in [6, 6.07) is 71.0. The number of hydrogen-bond acceptors (Lipinski definition) is 7. The Labute approximate surface area is 474 Å². The maximum Gasteiger partial charge on any atom is 0.647 e. The molecule has 0 aliphatic rings. The Kier molecular flexibility index (Phi) is 15.3. The number of phenolic OH excluding ortho intramolecular Hbond substituents is 3. The van der Waals surface area contributed by atoms with Crippen molar-refractivity contribution in [1.82, 2.24) is 0 Å². The lowest BCUT2D eigenvalue weighted by Crippen LogP contribution is -2.21. The third kappa shape index (κ3) is 11.7. The molecule has 0 saturated carbocycles. The Morgan fingerprint density at radius 1 is 0.225 bits per heavy atom. The molecule has 9 rings (SSSR count). The van der Waals surface area contributed by atoms with E-state index in [0.717, 1.165) is 66.8 Å². The van der Waals surface area contributed by atoms with E-state index < -0.39 is 7.82 Å². The molecule has 7 nitrogen and oxygen atoms in total. The van der Waals surface area contributed by atoms with Gasteiger partial charge in [0.25, 0.3) is 0 Å². The molecule has 0 aromatic heterocycles. The van der Waals surface area contributed by atoms with Crippen LogP contribution in [0.2, 0.25) is 0 Å². The van der Waals surface area contributed by atoms with Crippen LogP contribution in [0.5, 0.6) is 34.5 Å². The van der Waals surface area contributed by atoms with Gasteiger partial charge in [0.15, 0.2) is 0 Å². The molecule has 0 aliphatic heterocycles. The molecule has 8 heteroatoms. The summed E-state index contributed by atoms with van der Waals surface area (Å²) in [6.07, 6.45) is 0. The van der Waals surface area contributed by atoms with Crippen molar-refractivity contribution in [2.24, 2.45) is 0 Å². The van der Waals surface area contributed by atoms with Crippen molar-refractivity contribution in [2.75, 3.05) is 0 Å². The van der Waals surface area contributed by atoms with Crippen molar-refractivity contribution in [3.8, 4) is 34.5 Å². The molecule has 0 amide bonds. The van der Waals surface area contributed by atoms with E-state index >= 15 is 4.57 Å². The Hall–Kier alpha value is -7.99. The smallest absolute Gasteiger partial charge is 0.508 e. The van der Waals surface area contributed by atoms with Gasteiger partial charge in [-0.25, -0.2) is 0 Å². The van der Waals surface area contributed by atoms with Gasteiger partial charge in [-0.15, -0.1) is 0 Å². The SMILES string of the molecule is CC(C)(c1ccc(O)cc1)c1ccc(C(C)(C)c2ccc(OP(=O)(Oc3ccc(C(C)(C)c4ccc(C(C)(C)c5ccc(O)cc5)cc4)cc3)Oc3ccc(C(C)(C)c4ccc(C(C)(C)c5ccc(O)cc5)cc4)cc3)cc2)cc1. The third-order valence-electron chi connectivity index (χ3n) is 17.1. The molecule has 9 aromatic carbocycles. The van der Waals surface area contributed by atoms with E-state index in [1.165, 1.54) is 0 Å². The lowest BCUT2D eigenvalue weighted by atomic mass is 9.74. The van der Waals surface area contributed by atoms with Crippen LogP contribution >= 0.6 is 7.82 Å². The van der Waals surface area contributed by atoms with Crippen LogP contribution in [0.25, 0.3) is 0 Å². The van der Waals surface area contributed by atoms with E-state index in [9.17, 15) is 15.3 Å². The van der Waals surface area contributed by atoms with Gasteiger partial charge < -0.3 is 28.9 Å². The molecule has 3 N–H and O–H groups in total. The van der Waals surface area contributed by atoms with Crippen molar-refractivity contribution in [2.45, 2.75) is 116 Å². The van der Waals surface area contributed by atoms with Crippen LogP contribution in [-0.2, 0) is 37.1 Å². The highest BCUT2D eigenvalue weighted by molar-refractivity contribution is 7.49. The van der Waals surface area contributed by atoms with E-state index in [2.05, 4.69) is 156 Å². The lowest BCUT2D eigenvalue weighted by Gasteiger charge is -2.30. The van der Waals surface area contributed by atoms with Crippen LogP contribution < -0.4 is 13.6 Å². The Bertz CT molecular complexity index is 3210. The van der Waals surface area contributed by atoms with Gasteiger partial charge in [0.2, 0.25) is 0 Å². The van der Waals surface area contributed by atoms with Gasteiger partial charge in [-0.3, -0.25) is 0 Å². The van der Waals surface area contributed by atoms with Crippen molar-refractivity contribution in [3.05, 3.63) is 285 Å². The molecule has 0 unspecified atom stereocenters. The zero-order valence-electron chi connectivity index (χ0n) is 48.2. The van der Waals surface area contributed by atoms with E-state index in [-0.39, 0.29) is 49.7 Å². The Balaban J connectivity index is 0.958. The molecule has 0 bridgehead atoms. The standard InChI is InChI=1S/C72H75O7P/c1-67(2,55-25-37-61(73)38-26-55)49-13-19-52(20-14-49)70(7,8)58-31-43-64(44-32-58)77-80(76,78-65-45-33-59(34-46-65)71(9,10)53-21-15-50(16-22-53)68(3,4)56-27-39-62(74)40-28-56)79-66-47-35-60(36-48-66)72(11,12)54-23-17-51(18-24-54)69(5,6)57-29-41-63(75)42-30-57/h13-48,73-75H,1-12H3. The molecule has 0 atom stereocenters. The first-order chi connectivity index (χ1) is 37.7. The fourth-order valence-electron chi connectivity index (χ4n) is 10.8. The molecule has 9 aromatic rings. The first-order valence-electron chi connectivity index (χ1n) is 27.4. The fraction of sp³-hybridized carbons (Fsp3) is 0.250. The van der Waals surface area contributed by atoms with Crippen molar-refractivity contribution >= 4 is 7.82 Å². The van der Waals surface area contributed by atoms with E-state index in [1.807, 2.05) is 109 Å². The molecule has 0 spiro atoms. The van der Waals surface area contributed by atoms with Gasteiger partial charge in [-0.1, -0.05) is 229 Å². The van der Waals surface area contributed by atoms with Gasteiger partial charge in [-0.05, 0) is 140 Å². The molecule has 0 heterocycles. The fourth-order valence-corrected chi connectivity index (χ4v) is 12.0. The van der Waals surface area contributed by atoms with Crippen LogP contribution in [-0.4, -0.2) is 15.3 Å². The summed E-state index contributed by atoms with van der Waals surface area (Å²) in [5.41, 5.74) is 11.4. The minimum absolute atomic E-state index is 0.247. The summed E-state index contributed by atoms with van der Waals surface area (Å²) in [5.74, 6) is 1.71. The summed E-state index contributed by atoms with van der Waals surface area (Å²) in [6.45, 7) is 26.2. The van der Waals surface area contributed by atoms with E-state index in [4.69, 9.17) is 13.6 Å². The minimum atomic E-state index is -4.42. The molecule has 0 fully saturated rings. The third-order valence-corrected chi connectivity index (χ3v) is 18.4. The average Bonchev–Trinajstić information content (AvgIpc) is 3.44. The van der Waals surface area contributed by atoms with Crippen LogP contribution in [0.3, 0.4) is 0 Å². The number of phenols is 3. The number of hydrogen-bond donors (Lipinski definition) is 3. The maximum absolute atomic E-state index is 15.2. The van der Waals surface area contributed by atoms with Gasteiger partial charge >= 0.3 is 7.82 Å². The number of benzene rings is 9. The Morgan fingerprint density at radius 2 is 0.338 bits per heavy atom. The topological polar surface area (TPSA) is 105 Å². The summed E-state index contributed by atoms with van der Waals surface area (Å²) in [7, 11) is -4.42. The molecular formula is C72H75O7P. The van der Waals surface area contributed by atoms with Crippen molar-refractivity contribution in [3.63, 3.8) is 0 Å². The van der Waals surface area contributed by atoms with Crippen LogP contribution in [0.1, 0.15) is 150 Å². The van der Waals surface area contributed by atoms with Crippen LogP contribution in [0, 0.1) is 0 Å². The zero-order chi connectivity index (χ0) is 57.5. The van der Waals surface area contributed by atoms with Gasteiger partial charge in [-0.2, -0.15) is 4.57 Å². The number of aromatic hydroxyl groups is 3. The summed E-state index contributed by atoms with van der Waals surface area (Å²) >= 11 is 0. The molecule has 410 valence electrons. The largest absolute Gasteiger partial charge is 0.647 e. The van der Waals surface area contributed by atoms with Gasteiger partial charge in [0.1, 0.15) is 34.5 Å². The predicted molar refractivity (Wildman–Crippen MR) is 325 cm³/mol. The normalized spacial score (nSPS) is 12.7. The summed E-state index contributed by atoms with van der Waals surface area (Å²) in [4.78, 5) is 0. The molecule has 80 heavy (non-hydrogen) atoms. The first-order valence-corrected chi connectivity index (χ1v) is 28.9. The predicted octanol–water partition coefficient (Wildman–Crippen LogP) is 18.4. The maximum atomic E-state index is 15.2. The number of phosphoric acid groups is 1. The number of rotatable bonds is 18. The second-order valence-electron chi connectivity index (χ2n) is 24.4. The van der Waals surface area contributed by atoms with Crippen molar-refractivity contribution in [1.29, 1.82) is 0 Å². The highest BCUT2D eigenvalue weighted by atomic mass is 31.2. The monoisotopic (exact) mass is 1080 g/mol. The molecule has 0 saturated heterocycles. The summed E-state index contributed by atoms with van der Waals surface area (Å²) < 4.78 is 34.3. The highest BCUT2D eigenvalue weighted by Crippen LogP contribution is 2.51. The first kappa shape index (κ1) is 56.7. The van der Waals surface area contributed by atoms with Gasteiger partial charge in [0.05, 0.1) is 0 Å². The molecule has 0 radical (unpaired) electrons. The second kappa shape index (κ2) is 21.6. The average molecular weight is 1080 g/mol. The number of phosphoric ester groups is 1. The second-order valence-corrected chi connectivity index (χ2v) is 25.9.